The maximum absolute atomic E-state index is 9.71. The van der Waals surface area contributed by atoms with Gasteiger partial charge in [-0.25, -0.2) is 0 Å². The topological polar surface area (TPSA) is 35.9 Å². The van der Waals surface area contributed by atoms with Crippen LogP contribution in [0.15, 0.2) is 0 Å². The molecular formula is C11H24N2O2. The third kappa shape index (κ3) is 5.47. The summed E-state index contributed by atoms with van der Waals surface area (Å²) in [5.74, 6) is 0. The SMILES string of the molecule is CCCOC[C@H](O)CN1CCN(C)CC1. The summed E-state index contributed by atoms with van der Waals surface area (Å²) in [4.78, 5) is 4.62. The highest BCUT2D eigenvalue weighted by molar-refractivity contribution is 4.71. The lowest BCUT2D eigenvalue weighted by atomic mass is 10.3. The average Bonchev–Trinajstić information content (AvgIpc) is 2.22. The van der Waals surface area contributed by atoms with Gasteiger partial charge in [0, 0.05) is 39.3 Å². The van der Waals surface area contributed by atoms with Crippen LogP contribution in [0.2, 0.25) is 0 Å². The van der Waals surface area contributed by atoms with Gasteiger partial charge in [0.15, 0.2) is 0 Å². The van der Waals surface area contributed by atoms with E-state index in [1.54, 1.807) is 0 Å². The van der Waals surface area contributed by atoms with E-state index < -0.39 is 0 Å². The van der Waals surface area contributed by atoms with Gasteiger partial charge in [0.25, 0.3) is 0 Å². The number of hydrogen-bond donors (Lipinski definition) is 1. The Bertz CT molecular complexity index is 159. The molecule has 15 heavy (non-hydrogen) atoms. The summed E-state index contributed by atoms with van der Waals surface area (Å²) in [5.41, 5.74) is 0. The molecule has 0 aromatic heterocycles. The second-order valence-electron chi connectivity index (χ2n) is 4.33. The van der Waals surface area contributed by atoms with E-state index in [0.717, 1.165) is 45.8 Å². The normalized spacial score (nSPS) is 21.8. The number of likely N-dealkylation sites (N-methyl/N-ethyl adjacent to an activating group) is 1. The van der Waals surface area contributed by atoms with Crippen molar-refractivity contribution < 1.29 is 9.84 Å². The Kier molecular flexibility index (Phi) is 6.17. The summed E-state index contributed by atoms with van der Waals surface area (Å²) in [7, 11) is 2.14. The van der Waals surface area contributed by atoms with Gasteiger partial charge in [-0.2, -0.15) is 0 Å². The van der Waals surface area contributed by atoms with E-state index in [1.165, 1.54) is 0 Å². The fourth-order valence-corrected chi connectivity index (χ4v) is 1.74. The minimum Gasteiger partial charge on any atom is -0.389 e. The summed E-state index contributed by atoms with van der Waals surface area (Å²) in [6.45, 7) is 8.36. The quantitative estimate of drug-likeness (QED) is 0.635. The highest BCUT2D eigenvalue weighted by Gasteiger charge is 2.16. The van der Waals surface area contributed by atoms with Crippen LogP contribution in [-0.2, 0) is 4.74 Å². The third-order valence-electron chi connectivity index (χ3n) is 2.72. The first-order chi connectivity index (χ1) is 7.22. The Morgan fingerprint density at radius 1 is 1.27 bits per heavy atom. The monoisotopic (exact) mass is 216 g/mol. The molecule has 0 aromatic carbocycles. The molecule has 0 bridgehead atoms. The number of nitrogens with zero attached hydrogens (tertiary/aromatic N) is 2. The van der Waals surface area contributed by atoms with Crippen LogP contribution in [0.5, 0.6) is 0 Å². The molecule has 1 N–H and O–H groups in total. The molecule has 0 saturated carbocycles. The zero-order valence-electron chi connectivity index (χ0n) is 9.98. The van der Waals surface area contributed by atoms with Crippen molar-refractivity contribution in [2.45, 2.75) is 19.4 Å². The molecule has 4 heteroatoms. The van der Waals surface area contributed by atoms with Crippen molar-refractivity contribution in [3.63, 3.8) is 0 Å². The molecule has 4 nitrogen and oxygen atoms in total. The number of β-amino-alcohol motifs (C(OH)–C–C–N with tert-alkyl or cyclic N) is 1. The first-order valence-corrected chi connectivity index (χ1v) is 5.89. The molecule has 1 rings (SSSR count). The molecule has 0 radical (unpaired) electrons. The van der Waals surface area contributed by atoms with Crippen molar-refractivity contribution in [1.29, 1.82) is 0 Å². The second-order valence-corrected chi connectivity index (χ2v) is 4.33. The average molecular weight is 216 g/mol. The van der Waals surface area contributed by atoms with Gasteiger partial charge in [0.1, 0.15) is 0 Å². The Labute approximate surface area is 92.8 Å². The Balaban J connectivity index is 2.06. The van der Waals surface area contributed by atoms with Crippen molar-refractivity contribution in [3.05, 3.63) is 0 Å². The van der Waals surface area contributed by atoms with Gasteiger partial charge in [-0.3, -0.25) is 4.90 Å². The highest BCUT2D eigenvalue weighted by atomic mass is 16.5. The molecular weight excluding hydrogens is 192 g/mol. The van der Waals surface area contributed by atoms with Gasteiger partial charge in [0.05, 0.1) is 12.7 Å². The Morgan fingerprint density at radius 2 is 1.93 bits per heavy atom. The predicted octanol–water partition coefficient (Wildman–Crippen LogP) is 0.0213. The summed E-state index contributed by atoms with van der Waals surface area (Å²) >= 11 is 0. The molecule has 90 valence electrons. The number of aliphatic hydroxyl groups excluding tert-OH is 1. The lowest BCUT2D eigenvalue weighted by molar-refractivity contribution is 0.00912. The van der Waals surface area contributed by atoms with E-state index >= 15 is 0 Å². The molecule has 0 aliphatic carbocycles. The van der Waals surface area contributed by atoms with Gasteiger partial charge >= 0.3 is 0 Å². The zero-order valence-corrected chi connectivity index (χ0v) is 9.98. The molecule has 1 fully saturated rings. The molecule has 1 aliphatic rings. The number of hydrogen-bond acceptors (Lipinski definition) is 4. The van der Waals surface area contributed by atoms with Crippen LogP contribution in [0.3, 0.4) is 0 Å². The van der Waals surface area contributed by atoms with E-state index in [1.807, 2.05) is 0 Å². The summed E-state index contributed by atoms with van der Waals surface area (Å²) in [5, 5.41) is 9.71. The van der Waals surface area contributed by atoms with Gasteiger partial charge in [-0.1, -0.05) is 6.92 Å². The second kappa shape index (κ2) is 7.17. The molecule has 0 spiro atoms. The number of aliphatic hydroxyl groups is 1. The molecule has 1 aliphatic heterocycles. The maximum Gasteiger partial charge on any atom is 0.0900 e. The fourth-order valence-electron chi connectivity index (χ4n) is 1.74. The smallest absolute Gasteiger partial charge is 0.0900 e. The van der Waals surface area contributed by atoms with Crippen molar-refractivity contribution in [2.75, 3.05) is 53.0 Å². The highest BCUT2D eigenvalue weighted by Crippen LogP contribution is 2.00. The molecule has 0 unspecified atom stereocenters. The summed E-state index contributed by atoms with van der Waals surface area (Å²) in [6, 6.07) is 0. The van der Waals surface area contributed by atoms with E-state index in [-0.39, 0.29) is 6.10 Å². The lowest BCUT2D eigenvalue weighted by Gasteiger charge is -2.33. The molecule has 0 amide bonds. The number of rotatable bonds is 6. The summed E-state index contributed by atoms with van der Waals surface area (Å²) < 4.78 is 5.32. The minimum absolute atomic E-state index is 0.333. The van der Waals surface area contributed by atoms with E-state index in [4.69, 9.17) is 4.74 Å². The van der Waals surface area contributed by atoms with Crippen LogP contribution in [0.25, 0.3) is 0 Å². The van der Waals surface area contributed by atoms with Crippen LogP contribution >= 0.6 is 0 Å². The summed E-state index contributed by atoms with van der Waals surface area (Å²) in [6.07, 6.45) is 0.682. The third-order valence-corrected chi connectivity index (χ3v) is 2.72. The number of piperazine rings is 1. The molecule has 1 saturated heterocycles. The Morgan fingerprint density at radius 3 is 2.53 bits per heavy atom. The van der Waals surface area contributed by atoms with Crippen LogP contribution in [0.4, 0.5) is 0 Å². The zero-order chi connectivity index (χ0) is 11.1. The standard InChI is InChI=1S/C11H24N2O2/c1-3-8-15-10-11(14)9-13-6-4-12(2)5-7-13/h11,14H,3-10H2,1-2H3/t11-/m1/s1. The van der Waals surface area contributed by atoms with Gasteiger partial charge in [-0.05, 0) is 13.5 Å². The Hall–Kier alpha value is -0.160. The molecule has 0 aromatic rings. The first-order valence-electron chi connectivity index (χ1n) is 5.89. The molecule has 1 heterocycles. The predicted molar refractivity (Wildman–Crippen MR) is 61.1 cm³/mol. The lowest BCUT2D eigenvalue weighted by Crippen LogP contribution is -2.47. The van der Waals surface area contributed by atoms with Crippen molar-refractivity contribution >= 4 is 0 Å². The van der Waals surface area contributed by atoms with E-state index in [9.17, 15) is 5.11 Å². The van der Waals surface area contributed by atoms with Crippen molar-refractivity contribution in [2.24, 2.45) is 0 Å². The minimum atomic E-state index is -0.333. The van der Waals surface area contributed by atoms with Crippen LogP contribution in [-0.4, -0.2) is 74.0 Å². The fraction of sp³-hybridized carbons (Fsp3) is 1.00. The van der Waals surface area contributed by atoms with Gasteiger partial charge in [0.2, 0.25) is 0 Å². The largest absolute Gasteiger partial charge is 0.389 e. The van der Waals surface area contributed by atoms with Crippen molar-refractivity contribution in [3.8, 4) is 0 Å². The van der Waals surface area contributed by atoms with Gasteiger partial charge in [-0.15, -0.1) is 0 Å². The van der Waals surface area contributed by atoms with Crippen molar-refractivity contribution in [1.82, 2.24) is 9.80 Å². The first kappa shape index (κ1) is 12.9. The van der Waals surface area contributed by atoms with Crippen LogP contribution < -0.4 is 0 Å². The van der Waals surface area contributed by atoms with Crippen LogP contribution in [0.1, 0.15) is 13.3 Å². The van der Waals surface area contributed by atoms with E-state index in [2.05, 4.69) is 23.8 Å². The van der Waals surface area contributed by atoms with Gasteiger partial charge < -0.3 is 14.7 Å². The molecule has 1 atom stereocenters. The van der Waals surface area contributed by atoms with E-state index in [0.29, 0.717) is 6.61 Å². The van der Waals surface area contributed by atoms with Crippen LogP contribution in [0, 0.1) is 0 Å². The number of ether oxygens (including phenoxy) is 1. The maximum atomic E-state index is 9.71.